The molecule has 0 saturated carbocycles. The number of hydrogen-bond acceptors (Lipinski definition) is 4. The molecule has 2 aromatic rings. The highest BCUT2D eigenvalue weighted by Gasteiger charge is 2.34. The number of rotatable bonds is 6. The Bertz CT molecular complexity index is 764. The molecule has 2 N–H and O–H groups in total. The van der Waals surface area contributed by atoms with E-state index in [0.717, 1.165) is 5.56 Å². The van der Waals surface area contributed by atoms with Gasteiger partial charge in [-0.25, -0.2) is 4.79 Å². The lowest BCUT2D eigenvalue weighted by atomic mass is 10.1. The summed E-state index contributed by atoms with van der Waals surface area (Å²) in [6.07, 6.45) is -0.937. The van der Waals surface area contributed by atoms with Gasteiger partial charge in [0.2, 0.25) is 9.70 Å². The minimum Gasteiger partial charge on any atom is -0.465 e. The molecule has 0 bridgehead atoms. The fourth-order valence-electron chi connectivity index (χ4n) is 2.25. The zero-order valence-corrected chi connectivity index (χ0v) is 16.1. The SMILES string of the molecule is COC(=O)c1ccccc1N[C@H](NC(=O)Cc1ccccc1)C(Cl)(Cl)Cl. The number of esters is 1. The zero-order valence-electron chi connectivity index (χ0n) is 13.8. The van der Waals surface area contributed by atoms with Crippen LogP contribution in [0.1, 0.15) is 15.9 Å². The molecule has 0 unspecified atom stereocenters. The number of para-hydroxylation sites is 1. The minimum atomic E-state index is -1.85. The van der Waals surface area contributed by atoms with Gasteiger partial charge in [0.05, 0.1) is 24.8 Å². The maximum atomic E-state index is 12.3. The van der Waals surface area contributed by atoms with E-state index >= 15 is 0 Å². The first-order valence-corrected chi connectivity index (χ1v) is 8.78. The number of carbonyl (C=O) groups excluding carboxylic acids is 2. The number of hydrogen-bond donors (Lipinski definition) is 2. The van der Waals surface area contributed by atoms with Crippen LogP contribution in [0.25, 0.3) is 0 Å². The number of ether oxygens (including phenoxy) is 1. The fourth-order valence-corrected chi connectivity index (χ4v) is 2.57. The Labute approximate surface area is 166 Å². The van der Waals surface area contributed by atoms with Crippen LogP contribution < -0.4 is 10.6 Å². The highest BCUT2D eigenvalue weighted by molar-refractivity contribution is 6.68. The van der Waals surface area contributed by atoms with Crippen molar-refractivity contribution in [3.8, 4) is 0 Å². The number of anilines is 1. The number of alkyl halides is 3. The lowest BCUT2D eigenvalue weighted by Crippen LogP contribution is -2.49. The molecule has 26 heavy (non-hydrogen) atoms. The fraction of sp³-hybridized carbons (Fsp3) is 0.222. The molecule has 5 nitrogen and oxygen atoms in total. The summed E-state index contributed by atoms with van der Waals surface area (Å²) in [7, 11) is 1.27. The highest BCUT2D eigenvalue weighted by atomic mass is 35.6. The monoisotopic (exact) mass is 414 g/mol. The van der Waals surface area contributed by atoms with Crippen LogP contribution in [-0.2, 0) is 16.0 Å². The molecular formula is C18H17Cl3N2O3. The Morgan fingerprint density at radius 3 is 2.27 bits per heavy atom. The first kappa shape index (κ1) is 20.4. The average molecular weight is 416 g/mol. The summed E-state index contributed by atoms with van der Waals surface area (Å²) in [6.45, 7) is 0. The molecule has 2 rings (SSSR count). The van der Waals surface area contributed by atoms with E-state index in [1.807, 2.05) is 30.3 Å². The van der Waals surface area contributed by atoms with E-state index in [9.17, 15) is 9.59 Å². The van der Waals surface area contributed by atoms with Gasteiger partial charge >= 0.3 is 5.97 Å². The molecule has 1 amide bonds. The van der Waals surface area contributed by atoms with Gasteiger partial charge in [-0.2, -0.15) is 0 Å². The van der Waals surface area contributed by atoms with Crippen LogP contribution >= 0.6 is 34.8 Å². The van der Waals surface area contributed by atoms with E-state index in [0.29, 0.717) is 5.69 Å². The van der Waals surface area contributed by atoms with Crippen molar-refractivity contribution in [2.75, 3.05) is 12.4 Å². The Balaban J connectivity index is 2.16. The van der Waals surface area contributed by atoms with Gasteiger partial charge in [-0.3, -0.25) is 4.79 Å². The van der Waals surface area contributed by atoms with Crippen LogP contribution in [-0.4, -0.2) is 28.9 Å². The van der Waals surface area contributed by atoms with Gasteiger partial charge in [-0.05, 0) is 17.7 Å². The maximum Gasteiger partial charge on any atom is 0.339 e. The van der Waals surface area contributed by atoms with Crippen LogP contribution in [0.5, 0.6) is 0 Å². The van der Waals surface area contributed by atoms with Crippen molar-refractivity contribution >= 4 is 52.4 Å². The first-order valence-electron chi connectivity index (χ1n) is 7.65. The molecule has 8 heteroatoms. The Morgan fingerprint density at radius 1 is 1.04 bits per heavy atom. The quantitative estimate of drug-likeness (QED) is 0.426. The smallest absolute Gasteiger partial charge is 0.339 e. The third-order valence-corrected chi connectivity index (χ3v) is 4.13. The molecule has 0 aliphatic rings. The van der Waals surface area contributed by atoms with Crippen molar-refractivity contribution in [1.82, 2.24) is 5.32 Å². The second-order valence-electron chi connectivity index (χ2n) is 5.39. The third-order valence-electron chi connectivity index (χ3n) is 3.47. The largest absolute Gasteiger partial charge is 0.465 e. The summed E-state index contributed by atoms with van der Waals surface area (Å²) >= 11 is 18.0. The van der Waals surface area contributed by atoms with Crippen molar-refractivity contribution in [3.05, 3.63) is 65.7 Å². The minimum absolute atomic E-state index is 0.123. The Hall–Kier alpha value is -1.95. The topological polar surface area (TPSA) is 67.4 Å². The van der Waals surface area contributed by atoms with Gasteiger partial charge in [-0.1, -0.05) is 77.3 Å². The summed E-state index contributed by atoms with van der Waals surface area (Å²) in [5.74, 6) is -0.887. The second kappa shape index (κ2) is 9.12. The molecular weight excluding hydrogens is 399 g/mol. The first-order chi connectivity index (χ1) is 12.3. The summed E-state index contributed by atoms with van der Waals surface area (Å²) in [6, 6.07) is 15.7. The van der Waals surface area contributed by atoms with E-state index < -0.39 is 15.9 Å². The highest BCUT2D eigenvalue weighted by Crippen LogP contribution is 2.32. The normalized spacial score (nSPS) is 12.2. The average Bonchev–Trinajstić information content (AvgIpc) is 2.61. The van der Waals surface area contributed by atoms with E-state index in [1.54, 1.807) is 24.3 Å². The number of amides is 1. The molecule has 0 spiro atoms. The van der Waals surface area contributed by atoms with E-state index in [-0.39, 0.29) is 17.9 Å². The van der Waals surface area contributed by atoms with Gasteiger partial charge in [0.25, 0.3) is 0 Å². The summed E-state index contributed by atoms with van der Waals surface area (Å²) in [5, 5.41) is 5.53. The van der Waals surface area contributed by atoms with E-state index in [1.165, 1.54) is 7.11 Å². The van der Waals surface area contributed by atoms with Crippen molar-refractivity contribution in [2.45, 2.75) is 16.4 Å². The van der Waals surface area contributed by atoms with Crippen LogP contribution in [0.2, 0.25) is 0 Å². The molecule has 0 aliphatic heterocycles. The van der Waals surface area contributed by atoms with Gasteiger partial charge in [0.15, 0.2) is 0 Å². The summed E-state index contributed by atoms with van der Waals surface area (Å²) < 4.78 is 2.89. The predicted molar refractivity (Wildman–Crippen MR) is 104 cm³/mol. The number of carbonyl (C=O) groups is 2. The van der Waals surface area contributed by atoms with Crippen LogP contribution in [0.4, 0.5) is 5.69 Å². The number of methoxy groups -OCH3 is 1. The molecule has 0 heterocycles. The van der Waals surface area contributed by atoms with Crippen LogP contribution in [0, 0.1) is 0 Å². The van der Waals surface area contributed by atoms with E-state index in [4.69, 9.17) is 39.5 Å². The molecule has 1 atom stereocenters. The van der Waals surface area contributed by atoms with Crippen molar-refractivity contribution < 1.29 is 14.3 Å². The van der Waals surface area contributed by atoms with Crippen molar-refractivity contribution in [3.63, 3.8) is 0 Å². The Kier molecular flexibility index (Phi) is 7.14. The lowest BCUT2D eigenvalue weighted by molar-refractivity contribution is -0.120. The summed E-state index contributed by atoms with van der Waals surface area (Å²) in [4.78, 5) is 24.2. The summed E-state index contributed by atoms with van der Waals surface area (Å²) in [5.41, 5.74) is 1.45. The second-order valence-corrected chi connectivity index (χ2v) is 7.75. The van der Waals surface area contributed by atoms with Gasteiger partial charge in [0.1, 0.15) is 6.17 Å². The standard InChI is InChI=1S/C18H17Cl3N2O3/c1-26-16(25)13-9-5-6-10-14(13)22-17(18(19,20)21)23-15(24)11-12-7-3-2-4-8-12/h2-10,17,22H,11H2,1H3,(H,23,24)/t17-/m1/s1. The van der Waals surface area contributed by atoms with Crippen LogP contribution in [0.3, 0.4) is 0 Å². The van der Waals surface area contributed by atoms with Gasteiger partial charge < -0.3 is 15.4 Å². The van der Waals surface area contributed by atoms with Crippen LogP contribution in [0.15, 0.2) is 54.6 Å². The van der Waals surface area contributed by atoms with Gasteiger partial charge in [-0.15, -0.1) is 0 Å². The molecule has 0 saturated heterocycles. The zero-order chi connectivity index (χ0) is 19.2. The molecule has 2 aromatic carbocycles. The Morgan fingerprint density at radius 2 is 1.65 bits per heavy atom. The predicted octanol–water partition coefficient (Wildman–Crippen LogP) is 3.94. The number of nitrogens with one attached hydrogen (secondary N) is 2. The van der Waals surface area contributed by atoms with Crippen molar-refractivity contribution in [2.24, 2.45) is 0 Å². The number of halogens is 3. The molecule has 0 fully saturated rings. The lowest BCUT2D eigenvalue weighted by Gasteiger charge is -2.28. The third kappa shape index (κ3) is 5.80. The number of benzene rings is 2. The van der Waals surface area contributed by atoms with Crippen molar-refractivity contribution in [1.29, 1.82) is 0 Å². The van der Waals surface area contributed by atoms with E-state index in [2.05, 4.69) is 10.6 Å². The molecule has 138 valence electrons. The maximum absolute atomic E-state index is 12.3. The van der Waals surface area contributed by atoms with Gasteiger partial charge in [0, 0.05) is 0 Å². The molecule has 0 aliphatic carbocycles. The molecule has 0 aromatic heterocycles. The molecule has 0 radical (unpaired) electrons.